The van der Waals surface area contributed by atoms with E-state index >= 15 is 0 Å². The van der Waals surface area contributed by atoms with Crippen molar-refractivity contribution in [1.82, 2.24) is 9.97 Å². The average Bonchev–Trinajstić information content (AvgIpc) is 2.56. The molecule has 0 spiro atoms. The molecule has 116 valence electrons. The molecule has 0 amide bonds. The zero-order valence-corrected chi connectivity index (χ0v) is 14.9. The molecule has 0 atom stereocenters. The van der Waals surface area contributed by atoms with Gasteiger partial charge in [0.25, 0.3) is 0 Å². The van der Waals surface area contributed by atoms with Gasteiger partial charge in [0, 0.05) is 11.4 Å². The number of hydrogen-bond acceptors (Lipinski definition) is 2. The van der Waals surface area contributed by atoms with Gasteiger partial charge in [-0.05, 0) is 24.3 Å². The maximum absolute atomic E-state index is 4.80. The number of aromatic nitrogens is 2. The van der Waals surface area contributed by atoms with Crippen LogP contribution < -0.4 is 0 Å². The quantitative estimate of drug-likeness (QED) is 0.450. The first-order valence-electron chi connectivity index (χ1n) is 7.50. The summed E-state index contributed by atoms with van der Waals surface area (Å²) in [7, 11) is 0. The average molecular weight is 479 g/mol. The Morgan fingerprint density at radius 3 is 2.35 bits per heavy atom. The molecule has 0 saturated heterocycles. The Bertz CT molecular complexity index is 843. The van der Waals surface area contributed by atoms with Gasteiger partial charge in [0.15, 0.2) is 0 Å². The molecule has 2 aromatic heterocycles. The number of benzene rings is 1. The van der Waals surface area contributed by atoms with Gasteiger partial charge in [-0.15, -0.1) is 24.1 Å². The second-order valence-corrected chi connectivity index (χ2v) is 5.56. The van der Waals surface area contributed by atoms with Crippen molar-refractivity contribution in [2.75, 3.05) is 0 Å². The van der Waals surface area contributed by atoms with Crippen LogP contribution in [0.4, 0.5) is 0 Å². The summed E-state index contributed by atoms with van der Waals surface area (Å²) in [5.41, 5.74) is 7.29. The summed E-state index contributed by atoms with van der Waals surface area (Å²) in [6.07, 6.45) is 4.03. The summed E-state index contributed by atoms with van der Waals surface area (Å²) in [6, 6.07) is 18.5. The summed E-state index contributed by atoms with van der Waals surface area (Å²) in [6.45, 7) is 4.28. The molecule has 3 heteroatoms. The topological polar surface area (TPSA) is 25.8 Å². The van der Waals surface area contributed by atoms with Gasteiger partial charge in [0.1, 0.15) is 0 Å². The van der Waals surface area contributed by atoms with Crippen molar-refractivity contribution in [1.29, 1.82) is 0 Å². The monoisotopic (exact) mass is 479 g/mol. The molecule has 0 N–H and O–H groups in total. The van der Waals surface area contributed by atoms with Gasteiger partial charge in [-0.25, -0.2) is 6.42 Å². The smallest absolute Gasteiger partial charge is 0.330 e. The molecule has 0 fully saturated rings. The van der Waals surface area contributed by atoms with Crippen LogP contribution in [-0.4, -0.2) is 9.97 Å². The fraction of sp³-hybridized carbons (Fsp3) is 0.100. The standard InChI is InChI=1S/C20H16N2.Pt/c1-14-15-6-2-8-16-9-4-12-19(21-16)20-13-5-11-18(22-20)17(14)10-3-7-15;/h2-5,7,9-13H,1,6,8H2;/q-2;+2. The van der Waals surface area contributed by atoms with E-state index < -0.39 is 0 Å². The SMILES string of the molecule is [CH2-]c1c2cccc1-c1cccc(n1)-c1cccc(n1)C[CH-]C2.[Pt+2]. The molecule has 0 aliphatic carbocycles. The van der Waals surface area contributed by atoms with E-state index in [4.69, 9.17) is 9.97 Å². The van der Waals surface area contributed by atoms with Crippen molar-refractivity contribution < 1.29 is 21.1 Å². The molecule has 6 bridgehead atoms. The molecule has 1 aliphatic heterocycles. The van der Waals surface area contributed by atoms with Crippen molar-refractivity contribution in [2.24, 2.45) is 0 Å². The number of fused-ring (bicyclic) bond motifs is 8. The Morgan fingerprint density at radius 1 is 0.783 bits per heavy atom. The predicted octanol–water partition coefficient (Wildman–Crippen LogP) is 4.29. The minimum Gasteiger partial charge on any atom is -0.330 e. The molecule has 1 aliphatic rings. The Hall–Kier alpha value is -1.92. The number of hydrogen-bond donors (Lipinski definition) is 0. The molecule has 0 unspecified atom stereocenters. The van der Waals surface area contributed by atoms with Gasteiger partial charge < -0.3 is 6.42 Å². The Kier molecular flexibility index (Phi) is 4.63. The third-order valence-electron chi connectivity index (χ3n) is 4.09. The van der Waals surface area contributed by atoms with Gasteiger partial charge in [-0.2, -0.15) is 18.1 Å². The molecular weight excluding hydrogens is 463 g/mol. The first kappa shape index (κ1) is 16.0. The van der Waals surface area contributed by atoms with Gasteiger partial charge in [0.2, 0.25) is 0 Å². The summed E-state index contributed by atoms with van der Waals surface area (Å²) >= 11 is 0. The van der Waals surface area contributed by atoms with Gasteiger partial charge >= 0.3 is 21.1 Å². The second kappa shape index (κ2) is 6.68. The normalized spacial score (nSPS) is 12.5. The molecule has 3 aromatic rings. The van der Waals surface area contributed by atoms with Crippen LogP contribution in [0.25, 0.3) is 22.6 Å². The molecule has 1 aromatic carbocycles. The Morgan fingerprint density at radius 2 is 1.48 bits per heavy atom. The molecule has 3 heterocycles. The van der Waals surface area contributed by atoms with Crippen LogP contribution in [0.1, 0.15) is 16.8 Å². The summed E-state index contributed by atoms with van der Waals surface area (Å²) in [5.74, 6) is 0. The van der Waals surface area contributed by atoms with Crippen LogP contribution >= 0.6 is 0 Å². The second-order valence-electron chi connectivity index (χ2n) is 5.56. The fourth-order valence-corrected chi connectivity index (χ4v) is 2.90. The first-order valence-corrected chi connectivity index (χ1v) is 7.50. The van der Waals surface area contributed by atoms with Gasteiger partial charge in [-0.1, -0.05) is 18.2 Å². The van der Waals surface area contributed by atoms with E-state index in [1.807, 2.05) is 24.3 Å². The third-order valence-corrected chi connectivity index (χ3v) is 4.09. The number of nitrogens with zero attached hydrogens (tertiary/aromatic N) is 2. The molecular formula is C20H16N2Pt. The molecule has 2 nitrogen and oxygen atoms in total. The third kappa shape index (κ3) is 3.09. The van der Waals surface area contributed by atoms with E-state index in [2.05, 4.69) is 43.7 Å². The van der Waals surface area contributed by atoms with E-state index in [9.17, 15) is 0 Å². The summed E-state index contributed by atoms with van der Waals surface area (Å²) in [4.78, 5) is 9.53. The van der Waals surface area contributed by atoms with E-state index in [-0.39, 0.29) is 21.1 Å². The summed E-state index contributed by atoms with van der Waals surface area (Å²) in [5, 5.41) is 0. The van der Waals surface area contributed by atoms with Gasteiger partial charge in [0.05, 0.1) is 11.4 Å². The van der Waals surface area contributed by atoms with Crippen molar-refractivity contribution in [3.8, 4) is 22.6 Å². The van der Waals surface area contributed by atoms with Crippen LogP contribution in [0.3, 0.4) is 0 Å². The van der Waals surface area contributed by atoms with Crippen LogP contribution in [0.5, 0.6) is 0 Å². The molecule has 0 radical (unpaired) electrons. The van der Waals surface area contributed by atoms with E-state index in [0.29, 0.717) is 0 Å². The largest absolute Gasteiger partial charge is 2.00 e. The molecule has 0 saturated carbocycles. The first-order chi connectivity index (χ1) is 10.8. The van der Waals surface area contributed by atoms with E-state index in [0.717, 1.165) is 46.7 Å². The number of rotatable bonds is 0. The zero-order chi connectivity index (χ0) is 14.9. The summed E-state index contributed by atoms with van der Waals surface area (Å²) < 4.78 is 0. The van der Waals surface area contributed by atoms with Crippen LogP contribution in [-0.2, 0) is 33.9 Å². The fourth-order valence-electron chi connectivity index (χ4n) is 2.90. The maximum Gasteiger partial charge on any atom is 2.00 e. The van der Waals surface area contributed by atoms with E-state index in [1.54, 1.807) is 0 Å². The van der Waals surface area contributed by atoms with Crippen molar-refractivity contribution in [2.45, 2.75) is 12.8 Å². The van der Waals surface area contributed by atoms with Crippen LogP contribution in [0.2, 0.25) is 0 Å². The van der Waals surface area contributed by atoms with Crippen molar-refractivity contribution >= 4 is 0 Å². The van der Waals surface area contributed by atoms with Crippen LogP contribution in [0, 0.1) is 13.3 Å². The maximum atomic E-state index is 4.80. The molecule has 4 rings (SSSR count). The predicted molar refractivity (Wildman–Crippen MR) is 89.1 cm³/mol. The van der Waals surface area contributed by atoms with Crippen molar-refractivity contribution in [3.05, 3.63) is 84.8 Å². The zero-order valence-electron chi connectivity index (χ0n) is 12.6. The van der Waals surface area contributed by atoms with Gasteiger partial charge in [-0.3, -0.25) is 9.97 Å². The minimum atomic E-state index is 0. The number of pyridine rings is 2. The van der Waals surface area contributed by atoms with E-state index in [1.165, 1.54) is 5.56 Å². The van der Waals surface area contributed by atoms with Crippen LogP contribution in [0.15, 0.2) is 54.6 Å². The minimum absolute atomic E-state index is 0. The Labute approximate surface area is 151 Å². The van der Waals surface area contributed by atoms with Crippen molar-refractivity contribution in [3.63, 3.8) is 0 Å². The Balaban J connectivity index is 0.00000156. The molecule has 23 heavy (non-hydrogen) atoms.